The predicted octanol–water partition coefficient (Wildman–Crippen LogP) is 3.83. The fourth-order valence-electron chi connectivity index (χ4n) is 2.54. The number of para-hydroxylation sites is 2. The number of benzene rings is 2. The Kier molecular flexibility index (Phi) is 5.44. The number of aromatic nitrogens is 2. The van der Waals surface area contributed by atoms with Crippen LogP contribution in [0.15, 0.2) is 42.5 Å². The average Bonchev–Trinajstić information content (AvgIpc) is 2.88. The Balaban J connectivity index is 1.58. The van der Waals surface area contributed by atoms with Gasteiger partial charge in [-0.1, -0.05) is 35.3 Å². The standard InChI is InChI=1S/C18H15Cl2N3O3/c1-11-21-15-4-2-3-5-16(15)23(11)9-18(25)26-10-17(24)22-14-7-12(19)6-13(20)8-14/h2-8H,9-10H2,1H3,(H,22,24). The molecule has 0 aliphatic carbocycles. The predicted molar refractivity (Wildman–Crippen MR) is 101 cm³/mol. The number of carbonyl (C=O) groups excluding carboxylic acids is 2. The van der Waals surface area contributed by atoms with Gasteiger partial charge in [0, 0.05) is 15.7 Å². The van der Waals surface area contributed by atoms with E-state index >= 15 is 0 Å². The number of ether oxygens (including phenoxy) is 1. The zero-order valence-corrected chi connectivity index (χ0v) is 15.3. The van der Waals surface area contributed by atoms with E-state index in [1.54, 1.807) is 22.8 Å². The number of esters is 1. The van der Waals surface area contributed by atoms with E-state index in [-0.39, 0.29) is 6.54 Å². The Morgan fingerprint density at radius 1 is 1.15 bits per heavy atom. The van der Waals surface area contributed by atoms with Crippen LogP contribution in [-0.4, -0.2) is 28.0 Å². The molecule has 0 fully saturated rings. The van der Waals surface area contributed by atoms with Crippen LogP contribution in [0.5, 0.6) is 0 Å². The molecule has 0 unspecified atom stereocenters. The zero-order valence-electron chi connectivity index (χ0n) is 13.8. The van der Waals surface area contributed by atoms with Crippen LogP contribution in [0.25, 0.3) is 11.0 Å². The first-order valence-electron chi connectivity index (χ1n) is 7.76. The highest BCUT2D eigenvalue weighted by atomic mass is 35.5. The molecule has 1 amide bonds. The lowest BCUT2D eigenvalue weighted by molar-refractivity contribution is -0.147. The highest BCUT2D eigenvalue weighted by Crippen LogP contribution is 2.22. The van der Waals surface area contributed by atoms with E-state index < -0.39 is 18.5 Å². The summed E-state index contributed by atoms with van der Waals surface area (Å²) in [6, 6.07) is 12.1. The molecule has 0 radical (unpaired) electrons. The van der Waals surface area contributed by atoms with Crippen LogP contribution in [0.3, 0.4) is 0 Å². The molecular weight excluding hydrogens is 377 g/mol. The Morgan fingerprint density at radius 2 is 1.85 bits per heavy atom. The summed E-state index contributed by atoms with van der Waals surface area (Å²) in [6.45, 7) is 1.38. The molecule has 3 rings (SSSR count). The van der Waals surface area contributed by atoms with Crippen molar-refractivity contribution in [1.29, 1.82) is 0 Å². The molecule has 0 bridgehead atoms. The zero-order chi connectivity index (χ0) is 18.7. The number of hydrogen-bond donors (Lipinski definition) is 1. The highest BCUT2D eigenvalue weighted by molar-refractivity contribution is 6.35. The van der Waals surface area contributed by atoms with Crippen LogP contribution in [0.1, 0.15) is 5.82 Å². The average molecular weight is 392 g/mol. The van der Waals surface area contributed by atoms with E-state index in [0.717, 1.165) is 11.0 Å². The van der Waals surface area contributed by atoms with Gasteiger partial charge in [-0.2, -0.15) is 0 Å². The Hall–Kier alpha value is -2.57. The second-order valence-corrected chi connectivity index (χ2v) is 6.47. The summed E-state index contributed by atoms with van der Waals surface area (Å²) >= 11 is 11.7. The lowest BCUT2D eigenvalue weighted by Gasteiger charge is -2.09. The maximum atomic E-state index is 12.1. The molecule has 8 heteroatoms. The van der Waals surface area contributed by atoms with Gasteiger partial charge in [-0.3, -0.25) is 9.59 Å². The van der Waals surface area contributed by atoms with Crippen LogP contribution < -0.4 is 5.32 Å². The summed E-state index contributed by atoms with van der Waals surface area (Å²) in [6.07, 6.45) is 0. The minimum Gasteiger partial charge on any atom is -0.454 e. The Morgan fingerprint density at radius 3 is 2.58 bits per heavy atom. The molecule has 1 N–H and O–H groups in total. The van der Waals surface area contributed by atoms with Crippen molar-refractivity contribution in [3.8, 4) is 0 Å². The third-order valence-corrected chi connectivity index (χ3v) is 4.08. The lowest BCUT2D eigenvalue weighted by atomic mass is 10.3. The number of aryl methyl sites for hydroxylation is 1. The third-order valence-electron chi connectivity index (χ3n) is 3.64. The first-order chi connectivity index (χ1) is 12.4. The summed E-state index contributed by atoms with van der Waals surface area (Å²) in [7, 11) is 0. The van der Waals surface area contributed by atoms with E-state index in [2.05, 4.69) is 10.3 Å². The molecule has 0 saturated carbocycles. The molecule has 2 aromatic carbocycles. The molecule has 0 aliphatic heterocycles. The van der Waals surface area contributed by atoms with Crippen molar-refractivity contribution < 1.29 is 14.3 Å². The van der Waals surface area contributed by atoms with Gasteiger partial charge in [-0.25, -0.2) is 4.98 Å². The van der Waals surface area contributed by atoms with Gasteiger partial charge in [0.15, 0.2) is 6.61 Å². The fourth-order valence-corrected chi connectivity index (χ4v) is 3.07. The summed E-state index contributed by atoms with van der Waals surface area (Å²) in [5.74, 6) is -0.319. The summed E-state index contributed by atoms with van der Waals surface area (Å²) in [5.41, 5.74) is 2.06. The largest absolute Gasteiger partial charge is 0.454 e. The van der Waals surface area contributed by atoms with Gasteiger partial charge in [-0.05, 0) is 37.3 Å². The second kappa shape index (κ2) is 7.76. The summed E-state index contributed by atoms with van der Waals surface area (Å²) in [4.78, 5) is 28.4. The van der Waals surface area contributed by atoms with Crippen molar-refractivity contribution in [1.82, 2.24) is 9.55 Å². The van der Waals surface area contributed by atoms with Crippen molar-refractivity contribution in [2.24, 2.45) is 0 Å². The topological polar surface area (TPSA) is 73.2 Å². The van der Waals surface area contributed by atoms with Gasteiger partial charge in [0.25, 0.3) is 5.91 Å². The number of nitrogens with one attached hydrogen (secondary N) is 1. The highest BCUT2D eigenvalue weighted by Gasteiger charge is 2.13. The van der Waals surface area contributed by atoms with E-state index in [4.69, 9.17) is 27.9 Å². The molecule has 6 nitrogen and oxygen atoms in total. The first-order valence-corrected chi connectivity index (χ1v) is 8.51. The van der Waals surface area contributed by atoms with E-state index in [1.165, 1.54) is 0 Å². The number of nitrogens with zero attached hydrogens (tertiary/aromatic N) is 2. The van der Waals surface area contributed by atoms with E-state index in [0.29, 0.717) is 21.6 Å². The Bertz CT molecular complexity index is 965. The molecule has 3 aromatic rings. The van der Waals surface area contributed by atoms with Gasteiger partial charge in [0.2, 0.25) is 0 Å². The quantitative estimate of drug-likeness (QED) is 0.670. The number of rotatable bonds is 5. The van der Waals surface area contributed by atoms with Crippen LogP contribution in [0.4, 0.5) is 5.69 Å². The molecule has 0 saturated heterocycles. The molecular formula is C18H15Cl2N3O3. The maximum Gasteiger partial charge on any atom is 0.326 e. The first kappa shape index (κ1) is 18.2. The number of anilines is 1. The number of hydrogen-bond acceptors (Lipinski definition) is 4. The van der Waals surface area contributed by atoms with Gasteiger partial charge in [0.05, 0.1) is 11.0 Å². The number of amides is 1. The summed E-state index contributed by atoms with van der Waals surface area (Å²) in [5, 5.41) is 3.37. The molecule has 26 heavy (non-hydrogen) atoms. The lowest BCUT2D eigenvalue weighted by Crippen LogP contribution is -2.23. The van der Waals surface area contributed by atoms with Crippen molar-refractivity contribution in [3.63, 3.8) is 0 Å². The molecule has 134 valence electrons. The van der Waals surface area contributed by atoms with Crippen LogP contribution >= 0.6 is 23.2 Å². The van der Waals surface area contributed by atoms with Gasteiger partial charge >= 0.3 is 5.97 Å². The van der Waals surface area contributed by atoms with E-state index in [9.17, 15) is 9.59 Å². The maximum absolute atomic E-state index is 12.1. The SMILES string of the molecule is Cc1nc2ccccc2n1CC(=O)OCC(=O)Nc1cc(Cl)cc(Cl)c1. The van der Waals surface area contributed by atoms with Crippen LogP contribution in [-0.2, 0) is 20.9 Å². The van der Waals surface area contributed by atoms with Crippen LogP contribution in [0.2, 0.25) is 10.0 Å². The van der Waals surface area contributed by atoms with Crippen molar-refractivity contribution >= 4 is 51.8 Å². The normalized spacial score (nSPS) is 10.7. The smallest absolute Gasteiger partial charge is 0.326 e. The molecule has 0 aliphatic rings. The minimum atomic E-state index is -0.532. The van der Waals surface area contributed by atoms with E-state index in [1.807, 2.05) is 31.2 Å². The van der Waals surface area contributed by atoms with Gasteiger partial charge in [-0.15, -0.1) is 0 Å². The summed E-state index contributed by atoms with van der Waals surface area (Å²) < 4.78 is 6.79. The van der Waals surface area contributed by atoms with Crippen LogP contribution in [0, 0.1) is 6.92 Å². The second-order valence-electron chi connectivity index (χ2n) is 5.60. The fraction of sp³-hybridized carbons (Fsp3) is 0.167. The number of fused-ring (bicyclic) bond motifs is 1. The van der Waals surface area contributed by atoms with Crippen molar-refractivity contribution in [2.45, 2.75) is 13.5 Å². The molecule has 1 aromatic heterocycles. The monoisotopic (exact) mass is 391 g/mol. The Labute approximate surface area is 159 Å². The van der Waals surface area contributed by atoms with Crippen molar-refractivity contribution in [3.05, 3.63) is 58.3 Å². The number of carbonyl (C=O) groups is 2. The molecule has 0 spiro atoms. The molecule has 0 atom stereocenters. The third kappa shape index (κ3) is 4.33. The van der Waals surface area contributed by atoms with Crippen molar-refractivity contribution in [2.75, 3.05) is 11.9 Å². The number of halogens is 2. The minimum absolute atomic E-state index is 0.0252. The van der Waals surface area contributed by atoms with Gasteiger partial charge < -0.3 is 14.6 Å². The molecule has 1 heterocycles. The number of imidazole rings is 1. The van der Waals surface area contributed by atoms with Gasteiger partial charge in [0.1, 0.15) is 12.4 Å².